The van der Waals surface area contributed by atoms with Crippen LogP contribution >= 0.6 is 11.3 Å². The number of ether oxygens (including phenoxy) is 1. The van der Waals surface area contributed by atoms with Crippen LogP contribution < -0.4 is 5.32 Å². The fraction of sp³-hybridized carbons (Fsp3) is 0.333. The summed E-state index contributed by atoms with van der Waals surface area (Å²) in [7, 11) is 1.45. The summed E-state index contributed by atoms with van der Waals surface area (Å²) in [5.74, 6) is -1.89. The van der Waals surface area contributed by atoms with Gasteiger partial charge in [-0.1, -0.05) is 24.3 Å². The lowest BCUT2D eigenvalue weighted by Gasteiger charge is -2.23. The maximum atomic E-state index is 12.6. The van der Waals surface area contributed by atoms with Crippen molar-refractivity contribution in [2.24, 2.45) is 0 Å². The summed E-state index contributed by atoms with van der Waals surface area (Å²) < 4.78 is 5.09. The average molecular weight is 416 g/mol. The minimum atomic E-state index is -0.772. The number of nitrogens with one attached hydrogen (secondary N) is 1. The zero-order valence-electron chi connectivity index (χ0n) is 16.9. The summed E-state index contributed by atoms with van der Waals surface area (Å²) in [6.45, 7) is 4.83. The average Bonchev–Trinajstić information content (AvgIpc) is 3.18. The zero-order valence-corrected chi connectivity index (χ0v) is 17.7. The third-order valence-electron chi connectivity index (χ3n) is 3.78. The molecule has 8 heteroatoms. The van der Waals surface area contributed by atoms with Crippen LogP contribution in [0.1, 0.15) is 46.4 Å². The molecule has 0 radical (unpaired) electrons. The minimum absolute atomic E-state index is 0.0897. The Balaban J connectivity index is 1.98. The Morgan fingerprint density at radius 3 is 2.28 bits per heavy atom. The molecular formula is C21H24N2O5S. The molecule has 0 atom stereocenters. The number of hydrogen-bond donors (Lipinski definition) is 1. The van der Waals surface area contributed by atoms with Gasteiger partial charge in [0, 0.05) is 18.2 Å². The molecule has 0 bridgehead atoms. The number of rotatable bonds is 7. The van der Waals surface area contributed by atoms with Crippen molar-refractivity contribution < 1.29 is 23.9 Å². The number of esters is 1. The minimum Gasteiger partial charge on any atom is -0.452 e. The molecule has 154 valence electrons. The summed E-state index contributed by atoms with van der Waals surface area (Å²) in [5, 5.41) is 4.53. The molecule has 1 N–H and O–H groups in total. The Labute approximate surface area is 173 Å². The van der Waals surface area contributed by atoms with Gasteiger partial charge in [-0.25, -0.2) is 4.79 Å². The number of carbonyl (C=O) groups excluding carboxylic acids is 4. The van der Waals surface area contributed by atoms with Crippen molar-refractivity contribution in [3.8, 4) is 0 Å². The zero-order chi connectivity index (χ0) is 21.6. The summed E-state index contributed by atoms with van der Waals surface area (Å²) in [5.41, 5.74) is -0.108. The molecule has 0 spiro atoms. The van der Waals surface area contributed by atoms with Gasteiger partial charge >= 0.3 is 5.97 Å². The molecule has 0 saturated heterocycles. The Morgan fingerprint density at radius 1 is 1.03 bits per heavy atom. The van der Waals surface area contributed by atoms with Crippen LogP contribution in [0.5, 0.6) is 0 Å². The van der Waals surface area contributed by atoms with Crippen molar-refractivity contribution in [3.05, 3.63) is 57.8 Å². The van der Waals surface area contributed by atoms with Crippen molar-refractivity contribution in [1.29, 1.82) is 0 Å². The van der Waals surface area contributed by atoms with E-state index in [2.05, 4.69) is 5.32 Å². The molecule has 1 aromatic heterocycles. The number of nitrogens with zero attached hydrogens (tertiary/aromatic N) is 1. The first-order valence-corrected chi connectivity index (χ1v) is 9.86. The molecule has 0 saturated carbocycles. The molecule has 0 aliphatic heterocycles. The van der Waals surface area contributed by atoms with Gasteiger partial charge in [0.05, 0.1) is 17.0 Å². The Bertz CT molecular complexity index is 900. The predicted molar refractivity (Wildman–Crippen MR) is 110 cm³/mol. The van der Waals surface area contributed by atoms with Crippen LogP contribution in [0.2, 0.25) is 0 Å². The molecule has 1 aromatic carbocycles. The topological polar surface area (TPSA) is 92.8 Å². The maximum Gasteiger partial charge on any atom is 0.339 e. The fourth-order valence-electron chi connectivity index (χ4n) is 2.48. The van der Waals surface area contributed by atoms with Crippen molar-refractivity contribution in [2.75, 3.05) is 20.2 Å². The molecule has 7 nitrogen and oxygen atoms in total. The van der Waals surface area contributed by atoms with Crippen LogP contribution in [-0.4, -0.2) is 54.2 Å². The number of likely N-dealkylation sites (N-methyl/N-ethyl adjacent to an activating group) is 1. The Morgan fingerprint density at radius 2 is 1.69 bits per heavy atom. The highest BCUT2D eigenvalue weighted by molar-refractivity contribution is 7.12. The summed E-state index contributed by atoms with van der Waals surface area (Å²) in [6.07, 6.45) is 0. The van der Waals surface area contributed by atoms with E-state index in [1.165, 1.54) is 29.4 Å². The number of ketones is 1. The first-order chi connectivity index (χ1) is 13.6. The molecule has 29 heavy (non-hydrogen) atoms. The first kappa shape index (κ1) is 22.3. The van der Waals surface area contributed by atoms with Crippen LogP contribution in [0.3, 0.4) is 0 Å². The standard InChI is InChI=1S/C21H24N2O5S/c1-21(2,3)22-17(24)12-23(4)18(25)13-28-20(27)15-9-6-5-8-14(15)19(26)16-10-7-11-29-16/h5-11H,12-13H2,1-4H3,(H,22,24). The van der Waals surface area contributed by atoms with Gasteiger partial charge in [-0.3, -0.25) is 14.4 Å². The van der Waals surface area contributed by atoms with E-state index in [-0.39, 0.29) is 29.4 Å². The third-order valence-corrected chi connectivity index (χ3v) is 4.65. The lowest BCUT2D eigenvalue weighted by atomic mass is 10.0. The van der Waals surface area contributed by atoms with Gasteiger partial charge in [-0.2, -0.15) is 0 Å². The van der Waals surface area contributed by atoms with Gasteiger partial charge in [0.1, 0.15) is 0 Å². The summed E-state index contributed by atoms with van der Waals surface area (Å²) >= 11 is 1.28. The van der Waals surface area contributed by atoms with E-state index < -0.39 is 24.0 Å². The van der Waals surface area contributed by atoms with E-state index >= 15 is 0 Å². The Kier molecular flexibility index (Phi) is 7.28. The Hall–Kier alpha value is -3.00. The molecule has 1 heterocycles. The van der Waals surface area contributed by atoms with Crippen LogP contribution in [-0.2, 0) is 14.3 Å². The second-order valence-corrected chi connectivity index (χ2v) is 8.42. The van der Waals surface area contributed by atoms with Gasteiger partial charge in [0.25, 0.3) is 5.91 Å². The summed E-state index contributed by atoms with van der Waals surface area (Å²) in [6, 6.07) is 9.73. The lowest BCUT2D eigenvalue weighted by molar-refractivity contribution is -0.137. The fourth-order valence-corrected chi connectivity index (χ4v) is 3.15. The maximum absolute atomic E-state index is 12.6. The predicted octanol–water partition coefficient (Wildman–Crippen LogP) is 2.51. The van der Waals surface area contributed by atoms with Crippen LogP contribution in [0.4, 0.5) is 0 Å². The number of amides is 2. The van der Waals surface area contributed by atoms with Gasteiger partial charge in [-0.15, -0.1) is 11.3 Å². The highest BCUT2D eigenvalue weighted by Crippen LogP contribution is 2.19. The van der Waals surface area contributed by atoms with E-state index in [4.69, 9.17) is 4.74 Å². The quantitative estimate of drug-likeness (QED) is 0.553. The highest BCUT2D eigenvalue weighted by Gasteiger charge is 2.22. The molecule has 0 aliphatic carbocycles. The van der Waals surface area contributed by atoms with E-state index in [1.54, 1.807) is 35.7 Å². The van der Waals surface area contributed by atoms with Gasteiger partial charge in [0.15, 0.2) is 6.61 Å². The first-order valence-electron chi connectivity index (χ1n) is 8.98. The molecule has 2 rings (SSSR count). The molecule has 0 aliphatic rings. The van der Waals surface area contributed by atoms with Crippen molar-refractivity contribution >= 4 is 34.9 Å². The van der Waals surface area contributed by atoms with E-state index in [1.807, 2.05) is 20.8 Å². The highest BCUT2D eigenvalue weighted by atomic mass is 32.1. The second-order valence-electron chi connectivity index (χ2n) is 7.48. The van der Waals surface area contributed by atoms with E-state index in [9.17, 15) is 19.2 Å². The van der Waals surface area contributed by atoms with E-state index in [0.29, 0.717) is 4.88 Å². The van der Waals surface area contributed by atoms with Crippen molar-refractivity contribution in [1.82, 2.24) is 10.2 Å². The number of hydrogen-bond acceptors (Lipinski definition) is 6. The molecule has 0 fully saturated rings. The van der Waals surface area contributed by atoms with E-state index in [0.717, 1.165) is 0 Å². The SMILES string of the molecule is CN(CC(=O)NC(C)(C)C)C(=O)COC(=O)c1ccccc1C(=O)c1cccs1. The molecular weight excluding hydrogens is 392 g/mol. The smallest absolute Gasteiger partial charge is 0.339 e. The normalized spacial score (nSPS) is 10.9. The van der Waals surface area contributed by atoms with Crippen LogP contribution in [0.25, 0.3) is 0 Å². The van der Waals surface area contributed by atoms with Gasteiger partial charge in [-0.05, 0) is 38.3 Å². The largest absolute Gasteiger partial charge is 0.452 e. The van der Waals surface area contributed by atoms with Crippen molar-refractivity contribution in [3.63, 3.8) is 0 Å². The molecule has 2 amide bonds. The van der Waals surface area contributed by atoms with Gasteiger partial charge < -0.3 is 15.0 Å². The van der Waals surface area contributed by atoms with Gasteiger partial charge in [0.2, 0.25) is 11.7 Å². The number of carbonyl (C=O) groups is 4. The summed E-state index contributed by atoms with van der Waals surface area (Å²) in [4.78, 5) is 50.8. The van der Waals surface area contributed by atoms with Crippen molar-refractivity contribution in [2.45, 2.75) is 26.3 Å². The molecule has 0 unspecified atom stereocenters. The third kappa shape index (κ3) is 6.53. The van der Waals surface area contributed by atoms with Crippen LogP contribution in [0.15, 0.2) is 41.8 Å². The monoisotopic (exact) mass is 416 g/mol. The molecule has 2 aromatic rings. The van der Waals surface area contributed by atoms with Crippen LogP contribution in [0, 0.1) is 0 Å². The number of thiophene rings is 1. The lowest BCUT2D eigenvalue weighted by Crippen LogP contribution is -2.46. The second kappa shape index (κ2) is 9.47. The number of benzene rings is 1.